The van der Waals surface area contributed by atoms with Gasteiger partial charge in [0.15, 0.2) is 22.9 Å². The van der Waals surface area contributed by atoms with E-state index in [4.69, 9.17) is 4.42 Å². The molecule has 5 aromatic rings. The molecule has 0 aliphatic carbocycles. The molecule has 10 nitrogen and oxygen atoms in total. The Hall–Kier alpha value is -3.82. The van der Waals surface area contributed by atoms with E-state index in [0.29, 0.717) is 40.5 Å². The highest BCUT2D eigenvalue weighted by molar-refractivity contribution is 5.91. The van der Waals surface area contributed by atoms with Crippen molar-refractivity contribution in [2.75, 3.05) is 4.90 Å². The lowest BCUT2D eigenvalue weighted by Gasteiger charge is -2.22. The number of hydrogen-bond donors (Lipinski definition) is 2. The minimum atomic E-state index is 0.420. The van der Waals surface area contributed by atoms with Crippen molar-refractivity contribution in [3.63, 3.8) is 0 Å². The highest BCUT2D eigenvalue weighted by Gasteiger charge is 2.22. The van der Waals surface area contributed by atoms with Crippen molar-refractivity contribution in [2.24, 2.45) is 0 Å². The Morgan fingerprint density at radius 3 is 2.04 bits per heavy atom. The summed E-state index contributed by atoms with van der Waals surface area (Å²) in [4.78, 5) is 33.7. The summed E-state index contributed by atoms with van der Waals surface area (Å²) >= 11 is 0. The molecule has 5 heterocycles. The molecule has 5 rings (SSSR count). The molecule has 0 aliphatic heterocycles. The average molecular weight is 333 g/mol. The van der Waals surface area contributed by atoms with Gasteiger partial charge in [-0.25, -0.2) is 29.9 Å². The number of fused-ring (bicyclic) bond motifs is 2. The summed E-state index contributed by atoms with van der Waals surface area (Å²) in [5, 5.41) is 0. The van der Waals surface area contributed by atoms with Gasteiger partial charge in [-0.3, -0.25) is 4.90 Å². The number of rotatable bonds is 4. The second-order valence-electron chi connectivity index (χ2n) is 5.26. The Morgan fingerprint density at radius 2 is 1.48 bits per heavy atom. The van der Waals surface area contributed by atoms with E-state index < -0.39 is 0 Å². The Bertz CT molecular complexity index is 1070. The second-order valence-corrected chi connectivity index (χ2v) is 5.26. The first kappa shape index (κ1) is 13.6. The monoisotopic (exact) mass is 333 g/mol. The molecule has 10 heteroatoms. The van der Waals surface area contributed by atoms with E-state index in [1.807, 2.05) is 17.0 Å². The van der Waals surface area contributed by atoms with Crippen LogP contribution in [-0.2, 0) is 6.54 Å². The van der Waals surface area contributed by atoms with E-state index in [1.165, 1.54) is 12.7 Å². The van der Waals surface area contributed by atoms with Gasteiger partial charge in [-0.05, 0) is 12.1 Å². The number of nitrogens with zero attached hydrogens (tertiary/aromatic N) is 7. The predicted molar refractivity (Wildman–Crippen MR) is 87.9 cm³/mol. The number of nitrogens with one attached hydrogen (secondary N) is 2. The summed E-state index contributed by atoms with van der Waals surface area (Å²) in [6.07, 6.45) is 7.74. The topological polar surface area (TPSA) is 125 Å². The highest BCUT2D eigenvalue weighted by Crippen LogP contribution is 2.31. The molecule has 0 atom stereocenters. The van der Waals surface area contributed by atoms with Gasteiger partial charge in [-0.15, -0.1) is 0 Å². The largest absolute Gasteiger partial charge is 0.467 e. The smallest absolute Gasteiger partial charge is 0.182 e. The average Bonchev–Trinajstić information content (AvgIpc) is 3.39. The van der Waals surface area contributed by atoms with Crippen LogP contribution >= 0.6 is 0 Å². The van der Waals surface area contributed by atoms with Crippen molar-refractivity contribution >= 4 is 34.0 Å². The van der Waals surface area contributed by atoms with Crippen LogP contribution in [0, 0.1) is 0 Å². The number of anilines is 2. The van der Waals surface area contributed by atoms with Gasteiger partial charge in [0.2, 0.25) is 0 Å². The van der Waals surface area contributed by atoms with Gasteiger partial charge >= 0.3 is 0 Å². The summed E-state index contributed by atoms with van der Waals surface area (Å²) in [7, 11) is 0. The van der Waals surface area contributed by atoms with Crippen molar-refractivity contribution in [1.82, 2.24) is 39.9 Å². The first-order valence-corrected chi connectivity index (χ1v) is 7.48. The molecule has 0 spiro atoms. The van der Waals surface area contributed by atoms with Gasteiger partial charge in [0.05, 0.1) is 25.5 Å². The molecule has 0 saturated heterocycles. The lowest BCUT2D eigenvalue weighted by molar-refractivity contribution is 0.509. The van der Waals surface area contributed by atoms with Crippen LogP contribution in [0.15, 0.2) is 48.1 Å². The van der Waals surface area contributed by atoms with E-state index in [-0.39, 0.29) is 0 Å². The third-order valence-corrected chi connectivity index (χ3v) is 3.81. The van der Waals surface area contributed by atoms with Crippen LogP contribution in [0.5, 0.6) is 0 Å². The molecule has 5 aromatic heterocycles. The fraction of sp³-hybridized carbons (Fsp3) is 0.0667. The first-order chi connectivity index (χ1) is 12.4. The minimum absolute atomic E-state index is 0.420. The zero-order valence-electron chi connectivity index (χ0n) is 12.8. The van der Waals surface area contributed by atoms with Gasteiger partial charge < -0.3 is 14.4 Å². The molecular weight excluding hydrogens is 322 g/mol. The maximum atomic E-state index is 5.51. The van der Waals surface area contributed by atoms with Crippen LogP contribution in [0.1, 0.15) is 5.76 Å². The molecule has 0 unspecified atom stereocenters. The van der Waals surface area contributed by atoms with E-state index in [9.17, 15) is 0 Å². The molecule has 122 valence electrons. The zero-order valence-corrected chi connectivity index (χ0v) is 12.8. The molecule has 0 saturated carbocycles. The van der Waals surface area contributed by atoms with Crippen molar-refractivity contribution in [2.45, 2.75) is 6.54 Å². The maximum Gasteiger partial charge on any atom is 0.182 e. The number of H-pyrrole nitrogens is 2. The molecule has 0 bridgehead atoms. The third-order valence-electron chi connectivity index (χ3n) is 3.81. The van der Waals surface area contributed by atoms with Gasteiger partial charge in [-0.2, -0.15) is 0 Å². The number of imidazole rings is 2. The first-order valence-electron chi connectivity index (χ1n) is 7.48. The predicted octanol–water partition coefficient (Wildman–Crippen LogP) is 1.95. The normalized spacial score (nSPS) is 11.4. The van der Waals surface area contributed by atoms with E-state index in [2.05, 4.69) is 39.9 Å². The summed E-state index contributed by atoms with van der Waals surface area (Å²) in [5.74, 6) is 2.03. The van der Waals surface area contributed by atoms with Gasteiger partial charge in [-0.1, -0.05) is 0 Å². The van der Waals surface area contributed by atoms with Gasteiger partial charge in [0, 0.05) is 0 Å². The molecule has 25 heavy (non-hydrogen) atoms. The van der Waals surface area contributed by atoms with Crippen molar-refractivity contribution in [1.29, 1.82) is 0 Å². The lowest BCUT2D eigenvalue weighted by Crippen LogP contribution is -2.20. The Kier molecular flexibility index (Phi) is 2.92. The SMILES string of the molecule is c1coc(CN(c2ncnc3nc[nH]c23)c2ncnc3nc[nH]c23)c1. The van der Waals surface area contributed by atoms with Gasteiger partial charge in [0.25, 0.3) is 0 Å². The molecule has 0 amide bonds. The maximum absolute atomic E-state index is 5.51. The Morgan fingerprint density at radius 1 is 0.840 bits per heavy atom. The Labute approximate surface area is 140 Å². The molecule has 0 aliphatic rings. The molecular formula is C15H11N9O. The summed E-state index contributed by atoms with van der Waals surface area (Å²) in [6.45, 7) is 0.420. The standard InChI is InChI=1S/C15H11N9O/c1-2-9(25-3-1)4-24(14-10-12(18-5-16-10)20-7-22-14)15-11-13(19-6-17-11)21-8-23-15/h1-3,5-8H,4H2,(H,16,18,20,22)(H,17,19,21,23). The number of aromatic amines is 2. The number of furan rings is 1. The van der Waals surface area contributed by atoms with Crippen LogP contribution in [0.2, 0.25) is 0 Å². The number of hydrogen-bond acceptors (Lipinski definition) is 8. The quantitative estimate of drug-likeness (QED) is 0.511. The molecule has 0 aromatic carbocycles. The van der Waals surface area contributed by atoms with Crippen LogP contribution < -0.4 is 4.90 Å². The van der Waals surface area contributed by atoms with Crippen LogP contribution in [0.4, 0.5) is 11.6 Å². The Balaban J connectivity index is 1.74. The zero-order chi connectivity index (χ0) is 16.6. The molecule has 0 fully saturated rings. The van der Waals surface area contributed by atoms with Crippen LogP contribution in [0.3, 0.4) is 0 Å². The third kappa shape index (κ3) is 2.19. The fourth-order valence-corrected chi connectivity index (χ4v) is 2.72. The van der Waals surface area contributed by atoms with E-state index in [0.717, 1.165) is 5.76 Å². The fourth-order valence-electron chi connectivity index (χ4n) is 2.72. The summed E-state index contributed by atoms with van der Waals surface area (Å²) in [5.41, 5.74) is 2.56. The second kappa shape index (κ2) is 5.37. The van der Waals surface area contributed by atoms with Gasteiger partial charge in [0.1, 0.15) is 29.4 Å². The number of aromatic nitrogens is 8. The summed E-state index contributed by atoms with van der Waals surface area (Å²) < 4.78 is 5.51. The summed E-state index contributed by atoms with van der Waals surface area (Å²) in [6, 6.07) is 3.73. The van der Waals surface area contributed by atoms with E-state index >= 15 is 0 Å². The minimum Gasteiger partial charge on any atom is -0.467 e. The molecule has 2 N–H and O–H groups in total. The van der Waals surface area contributed by atoms with E-state index in [1.54, 1.807) is 18.9 Å². The van der Waals surface area contributed by atoms with Crippen molar-refractivity contribution in [3.05, 3.63) is 49.5 Å². The molecule has 0 radical (unpaired) electrons. The van der Waals surface area contributed by atoms with Crippen molar-refractivity contribution < 1.29 is 4.42 Å². The lowest BCUT2D eigenvalue weighted by atomic mass is 10.3. The van der Waals surface area contributed by atoms with Crippen molar-refractivity contribution in [3.8, 4) is 0 Å². The van der Waals surface area contributed by atoms with Crippen LogP contribution in [0.25, 0.3) is 22.3 Å². The highest BCUT2D eigenvalue weighted by atomic mass is 16.3. The van der Waals surface area contributed by atoms with Crippen LogP contribution in [-0.4, -0.2) is 39.9 Å².